The summed E-state index contributed by atoms with van der Waals surface area (Å²) in [5, 5.41) is 9.77. The molecule has 1 aromatic carbocycles. The van der Waals surface area contributed by atoms with Crippen LogP contribution in [0.5, 0.6) is 5.75 Å². The van der Waals surface area contributed by atoms with E-state index < -0.39 is 0 Å². The van der Waals surface area contributed by atoms with Crippen molar-refractivity contribution in [2.75, 3.05) is 26.8 Å². The Morgan fingerprint density at radius 1 is 1.35 bits per heavy atom. The summed E-state index contributed by atoms with van der Waals surface area (Å²) in [5.74, 6) is 0.582. The smallest absolute Gasteiger partial charge is 0.253 e. The number of rotatable bonds is 3. The lowest BCUT2D eigenvalue weighted by molar-refractivity contribution is 0.0651. The van der Waals surface area contributed by atoms with Crippen LogP contribution >= 0.6 is 23.2 Å². The lowest BCUT2D eigenvalue weighted by Gasteiger charge is -2.31. The zero-order chi connectivity index (χ0) is 14.7. The zero-order valence-electron chi connectivity index (χ0n) is 11.2. The van der Waals surface area contributed by atoms with Gasteiger partial charge in [-0.25, -0.2) is 0 Å². The fourth-order valence-corrected chi connectivity index (χ4v) is 3.02. The van der Waals surface area contributed by atoms with E-state index in [9.17, 15) is 4.79 Å². The maximum atomic E-state index is 12.4. The van der Waals surface area contributed by atoms with E-state index in [1.54, 1.807) is 17.0 Å². The Kier molecular flexibility index (Phi) is 5.13. The fraction of sp³-hybridized carbons (Fsp3) is 0.500. The van der Waals surface area contributed by atoms with Crippen LogP contribution in [0.1, 0.15) is 23.2 Å². The molecule has 1 N–H and O–H groups in total. The van der Waals surface area contributed by atoms with E-state index in [1.165, 1.54) is 7.11 Å². The summed E-state index contributed by atoms with van der Waals surface area (Å²) < 4.78 is 5.07. The molecule has 1 aliphatic heterocycles. The molecule has 0 unspecified atom stereocenters. The van der Waals surface area contributed by atoms with Crippen LogP contribution < -0.4 is 4.74 Å². The molecule has 0 aromatic heterocycles. The number of aliphatic hydroxyl groups excluding tert-OH is 1. The van der Waals surface area contributed by atoms with Gasteiger partial charge in [-0.2, -0.15) is 0 Å². The SMILES string of the molecule is COc1c(Cl)cc(C(=O)N2CCC(CO)CC2)cc1Cl. The van der Waals surface area contributed by atoms with Crippen molar-refractivity contribution in [1.29, 1.82) is 0 Å². The predicted molar refractivity (Wildman–Crippen MR) is 78.7 cm³/mol. The molecular weight excluding hydrogens is 301 g/mol. The predicted octanol–water partition coefficient (Wildman–Crippen LogP) is 2.85. The van der Waals surface area contributed by atoms with E-state index in [0.717, 1.165) is 12.8 Å². The maximum absolute atomic E-state index is 12.4. The van der Waals surface area contributed by atoms with Gasteiger partial charge in [0.25, 0.3) is 5.91 Å². The van der Waals surface area contributed by atoms with Gasteiger partial charge in [0.05, 0.1) is 17.2 Å². The molecule has 1 fully saturated rings. The Labute approximate surface area is 128 Å². The lowest BCUT2D eigenvalue weighted by Crippen LogP contribution is -2.39. The van der Waals surface area contributed by atoms with Crippen molar-refractivity contribution >= 4 is 29.1 Å². The number of amides is 1. The molecule has 1 amide bonds. The van der Waals surface area contributed by atoms with Gasteiger partial charge < -0.3 is 14.7 Å². The van der Waals surface area contributed by atoms with Crippen LogP contribution in [-0.4, -0.2) is 42.7 Å². The summed E-state index contributed by atoms with van der Waals surface area (Å²) in [7, 11) is 1.48. The van der Waals surface area contributed by atoms with Crippen LogP contribution in [0.4, 0.5) is 0 Å². The Morgan fingerprint density at radius 2 is 1.90 bits per heavy atom. The first-order valence-electron chi connectivity index (χ1n) is 6.50. The molecule has 0 atom stereocenters. The molecule has 1 aromatic rings. The number of carbonyl (C=O) groups excluding carboxylic acids is 1. The zero-order valence-corrected chi connectivity index (χ0v) is 12.7. The van der Waals surface area contributed by atoms with Crippen molar-refractivity contribution in [2.45, 2.75) is 12.8 Å². The van der Waals surface area contributed by atoms with E-state index in [-0.39, 0.29) is 12.5 Å². The third-order valence-corrected chi connectivity index (χ3v) is 4.17. The number of hydrogen-bond acceptors (Lipinski definition) is 3. The van der Waals surface area contributed by atoms with Crippen molar-refractivity contribution in [2.24, 2.45) is 5.92 Å². The van der Waals surface area contributed by atoms with Crippen LogP contribution in [0.25, 0.3) is 0 Å². The Hall–Kier alpha value is -0.970. The summed E-state index contributed by atoms with van der Waals surface area (Å²) >= 11 is 12.1. The summed E-state index contributed by atoms with van der Waals surface area (Å²) in [4.78, 5) is 14.2. The number of halogens is 2. The number of carbonyl (C=O) groups is 1. The molecule has 0 bridgehead atoms. The van der Waals surface area contributed by atoms with Crippen LogP contribution in [0.3, 0.4) is 0 Å². The lowest BCUT2D eigenvalue weighted by atomic mass is 9.97. The van der Waals surface area contributed by atoms with Crippen molar-refractivity contribution in [1.82, 2.24) is 4.90 Å². The molecule has 20 heavy (non-hydrogen) atoms. The monoisotopic (exact) mass is 317 g/mol. The van der Waals surface area contributed by atoms with Crippen molar-refractivity contribution in [3.63, 3.8) is 0 Å². The highest BCUT2D eigenvalue weighted by atomic mass is 35.5. The Bertz CT molecular complexity index is 476. The molecule has 1 heterocycles. The number of nitrogens with zero attached hydrogens (tertiary/aromatic N) is 1. The molecule has 1 saturated heterocycles. The van der Waals surface area contributed by atoms with E-state index in [0.29, 0.717) is 40.4 Å². The minimum Gasteiger partial charge on any atom is -0.494 e. The van der Waals surface area contributed by atoms with Crippen molar-refractivity contribution in [3.05, 3.63) is 27.7 Å². The van der Waals surface area contributed by atoms with Crippen LogP contribution in [0.15, 0.2) is 12.1 Å². The van der Waals surface area contributed by atoms with Crippen LogP contribution in [0.2, 0.25) is 10.0 Å². The normalized spacial score (nSPS) is 16.3. The Morgan fingerprint density at radius 3 is 2.35 bits per heavy atom. The molecular formula is C14H17Cl2NO3. The van der Waals surface area contributed by atoms with Gasteiger partial charge in [-0.1, -0.05) is 23.2 Å². The number of hydrogen-bond donors (Lipinski definition) is 1. The molecule has 110 valence electrons. The number of piperidine rings is 1. The van der Waals surface area contributed by atoms with E-state index in [1.807, 2.05) is 0 Å². The first-order chi connectivity index (χ1) is 9.56. The highest BCUT2D eigenvalue weighted by molar-refractivity contribution is 6.37. The first kappa shape index (κ1) is 15.4. The van der Waals surface area contributed by atoms with Gasteiger partial charge in [0, 0.05) is 25.3 Å². The average Bonchev–Trinajstić information content (AvgIpc) is 2.46. The van der Waals surface area contributed by atoms with Gasteiger partial charge >= 0.3 is 0 Å². The number of benzene rings is 1. The van der Waals surface area contributed by atoms with Crippen LogP contribution in [-0.2, 0) is 0 Å². The third-order valence-electron chi connectivity index (χ3n) is 3.61. The second-order valence-corrected chi connectivity index (χ2v) is 5.71. The molecule has 0 aliphatic carbocycles. The molecule has 0 radical (unpaired) electrons. The average molecular weight is 318 g/mol. The molecule has 0 spiro atoms. The highest BCUT2D eigenvalue weighted by Gasteiger charge is 2.24. The third kappa shape index (κ3) is 3.19. The van der Waals surface area contributed by atoms with Crippen molar-refractivity contribution in [3.8, 4) is 5.75 Å². The molecule has 4 nitrogen and oxygen atoms in total. The van der Waals surface area contributed by atoms with E-state index in [4.69, 9.17) is 33.0 Å². The summed E-state index contributed by atoms with van der Waals surface area (Å²) in [5.41, 5.74) is 0.461. The minimum absolute atomic E-state index is 0.0900. The van der Waals surface area contributed by atoms with Gasteiger partial charge in [-0.05, 0) is 30.9 Å². The molecule has 6 heteroatoms. The largest absolute Gasteiger partial charge is 0.494 e. The number of aliphatic hydroxyl groups is 1. The van der Waals surface area contributed by atoms with E-state index >= 15 is 0 Å². The summed E-state index contributed by atoms with van der Waals surface area (Å²) in [6, 6.07) is 3.15. The highest BCUT2D eigenvalue weighted by Crippen LogP contribution is 2.34. The fourth-order valence-electron chi connectivity index (χ4n) is 2.38. The molecule has 2 rings (SSSR count). The minimum atomic E-state index is -0.0900. The first-order valence-corrected chi connectivity index (χ1v) is 7.25. The van der Waals surface area contributed by atoms with Crippen LogP contribution in [0, 0.1) is 5.92 Å². The molecule has 0 saturated carbocycles. The van der Waals surface area contributed by atoms with Gasteiger partial charge in [0.1, 0.15) is 0 Å². The topological polar surface area (TPSA) is 49.8 Å². The Balaban J connectivity index is 2.14. The number of likely N-dealkylation sites (tertiary alicyclic amines) is 1. The number of methoxy groups -OCH3 is 1. The van der Waals surface area contributed by atoms with Gasteiger partial charge in [-0.15, -0.1) is 0 Å². The second kappa shape index (κ2) is 6.66. The van der Waals surface area contributed by atoms with Gasteiger partial charge in [0.2, 0.25) is 0 Å². The maximum Gasteiger partial charge on any atom is 0.253 e. The van der Waals surface area contributed by atoms with Crippen molar-refractivity contribution < 1.29 is 14.6 Å². The summed E-state index contributed by atoms with van der Waals surface area (Å²) in [6.45, 7) is 1.47. The second-order valence-electron chi connectivity index (χ2n) is 4.89. The van der Waals surface area contributed by atoms with Gasteiger partial charge in [-0.3, -0.25) is 4.79 Å². The quantitative estimate of drug-likeness (QED) is 0.932. The van der Waals surface area contributed by atoms with Gasteiger partial charge in [0.15, 0.2) is 5.75 Å². The standard InChI is InChI=1S/C14H17Cl2NO3/c1-20-13-11(15)6-10(7-12(13)16)14(19)17-4-2-9(8-18)3-5-17/h6-7,9,18H,2-5,8H2,1H3. The number of ether oxygens (including phenoxy) is 1. The summed E-state index contributed by atoms with van der Waals surface area (Å²) in [6.07, 6.45) is 1.64. The molecule has 1 aliphatic rings. The van der Waals surface area contributed by atoms with E-state index in [2.05, 4.69) is 0 Å².